The monoisotopic (exact) mass is 313 g/mol. The Labute approximate surface area is 136 Å². The van der Waals surface area contributed by atoms with Gasteiger partial charge >= 0.3 is 0 Å². The van der Waals surface area contributed by atoms with E-state index in [0.29, 0.717) is 11.6 Å². The van der Waals surface area contributed by atoms with Gasteiger partial charge in [0.1, 0.15) is 0 Å². The van der Waals surface area contributed by atoms with E-state index in [1.54, 1.807) is 10.9 Å². The summed E-state index contributed by atoms with van der Waals surface area (Å²) in [6.07, 6.45) is 3.80. The van der Waals surface area contributed by atoms with Crippen LogP contribution in [-0.4, -0.2) is 52.5 Å². The van der Waals surface area contributed by atoms with Crippen molar-refractivity contribution < 1.29 is 4.79 Å². The molecule has 0 radical (unpaired) electrons. The number of likely N-dealkylation sites (tertiary alicyclic amines) is 1. The number of benzene rings is 1. The van der Waals surface area contributed by atoms with Crippen molar-refractivity contribution in [2.24, 2.45) is 5.92 Å². The Kier molecular flexibility index (Phi) is 4.71. The van der Waals surface area contributed by atoms with Gasteiger partial charge in [-0.3, -0.25) is 4.79 Å². The number of rotatable bonds is 4. The van der Waals surface area contributed by atoms with E-state index in [-0.39, 0.29) is 5.91 Å². The molecule has 23 heavy (non-hydrogen) atoms. The summed E-state index contributed by atoms with van der Waals surface area (Å²) in [6, 6.07) is 7.98. The maximum Gasteiger partial charge on any atom is 0.276 e. The Hall–Kier alpha value is -2.21. The fraction of sp³-hybridized carbons (Fsp3) is 0.471. The maximum absolute atomic E-state index is 12.6. The van der Waals surface area contributed by atoms with Gasteiger partial charge < -0.3 is 10.2 Å². The third-order valence-corrected chi connectivity index (χ3v) is 4.37. The zero-order chi connectivity index (χ0) is 16.2. The standard InChI is InChI=1S/C17H23N5O/c1-13-4-3-5-15(10-13)22-12-16(19-20-22)17(23)21-8-6-14(7-9-21)11-18-2/h3-5,10,12,14,18H,6-9,11H2,1-2H3. The number of aryl methyl sites for hydroxylation is 1. The van der Waals surface area contributed by atoms with Crippen LogP contribution in [0.2, 0.25) is 0 Å². The lowest BCUT2D eigenvalue weighted by atomic mass is 9.97. The first kappa shape index (κ1) is 15.7. The predicted molar refractivity (Wildman–Crippen MR) is 88.7 cm³/mol. The van der Waals surface area contributed by atoms with Gasteiger partial charge in [-0.15, -0.1) is 5.10 Å². The number of amides is 1. The molecule has 0 atom stereocenters. The molecule has 6 nitrogen and oxygen atoms in total. The fourth-order valence-corrected chi connectivity index (χ4v) is 3.05. The van der Waals surface area contributed by atoms with Crippen molar-refractivity contribution >= 4 is 5.91 Å². The topological polar surface area (TPSA) is 63.1 Å². The molecule has 6 heteroatoms. The van der Waals surface area contributed by atoms with Crippen molar-refractivity contribution in [2.75, 3.05) is 26.7 Å². The number of carbonyl (C=O) groups is 1. The van der Waals surface area contributed by atoms with E-state index in [1.165, 1.54) is 0 Å². The fourth-order valence-electron chi connectivity index (χ4n) is 3.05. The molecule has 2 aromatic rings. The van der Waals surface area contributed by atoms with Crippen molar-refractivity contribution in [3.63, 3.8) is 0 Å². The summed E-state index contributed by atoms with van der Waals surface area (Å²) in [5.74, 6) is 0.638. The summed E-state index contributed by atoms with van der Waals surface area (Å²) in [5.41, 5.74) is 2.49. The zero-order valence-corrected chi connectivity index (χ0v) is 13.7. The van der Waals surface area contributed by atoms with Gasteiger partial charge in [-0.25, -0.2) is 4.68 Å². The molecule has 0 spiro atoms. The number of carbonyl (C=O) groups excluding carboxylic acids is 1. The molecule has 3 rings (SSSR count). The molecule has 1 aliphatic rings. The Morgan fingerprint density at radius 3 is 2.83 bits per heavy atom. The number of hydrogen-bond acceptors (Lipinski definition) is 4. The summed E-state index contributed by atoms with van der Waals surface area (Å²) in [4.78, 5) is 14.5. The normalized spacial score (nSPS) is 15.8. The smallest absolute Gasteiger partial charge is 0.276 e. The van der Waals surface area contributed by atoms with Gasteiger partial charge in [0, 0.05) is 13.1 Å². The van der Waals surface area contributed by atoms with Gasteiger partial charge in [-0.1, -0.05) is 17.3 Å². The van der Waals surface area contributed by atoms with Crippen molar-refractivity contribution in [1.82, 2.24) is 25.2 Å². The Bertz CT molecular complexity index is 673. The first-order valence-corrected chi connectivity index (χ1v) is 8.10. The molecule has 0 saturated carbocycles. The van der Waals surface area contributed by atoms with E-state index >= 15 is 0 Å². The van der Waals surface area contributed by atoms with Gasteiger partial charge in [-0.05, 0) is 57.0 Å². The van der Waals surface area contributed by atoms with Crippen molar-refractivity contribution in [3.8, 4) is 5.69 Å². The number of piperidine rings is 1. The van der Waals surface area contributed by atoms with Crippen LogP contribution in [0.1, 0.15) is 28.9 Å². The summed E-state index contributed by atoms with van der Waals surface area (Å²) in [6.45, 7) is 4.64. The van der Waals surface area contributed by atoms with Gasteiger partial charge in [0.15, 0.2) is 5.69 Å². The SMILES string of the molecule is CNCC1CCN(C(=O)c2cn(-c3cccc(C)c3)nn2)CC1. The van der Waals surface area contributed by atoms with E-state index in [2.05, 4.69) is 15.6 Å². The van der Waals surface area contributed by atoms with Gasteiger partial charge in [-0.2, -0.15) is 0 Å². The average Bonchev–Trinajstić information content (AvgIpc) is 3.05. The summed E-state index contributed by atoms with van der Waals surface area (Å²) in [7, 11) is 1.97. The van der Waals surface area contributed by atoms with Crippen LogP contribution >= 0.6 is 0 Å². The molecule has 122 valence electrons. The number of nitrogens with zero attached hydrogens (tertiary/aromatic N) is 4. The second-order valence-electron chi connectivity index (χ2n) is 6.18. The molecule has 1 saturated heterocycles. The molecule has 1 aliphatic heterocycles. The molecule has 0 unspecified atom stereocenters. The highest BCUT2D eigenvalue weighted by Crippen LogP contribution is 2.18. The van der Waals surface area contributed by atoms with E-state index < -0.39 is 0 Å². The molecular weight excluding hydrogens is 290 g/mol. The molecule has 2 heterocycles. The maximum atomic E-state index is 12.6. The highest BCUT2D eigenvalue weighted by atomic mass is 16.2. The van der Waals surface area contributed by atoms with Crippen LogP contribution in [0.3, 0.4) is 0 Å². The Morgan fingerprint density at radius 2 is 2.13 bits per heavy atom. The molecular formula is C17H23N5O. The second-order valence-corrected chi connectivity index (χ2v) is 6.18. The van der Waals surface area contributed by atoms with E-state index in [4.69, 9.17) is 0 Å². The average molecular weight is 313 g/mol. The highest BCUT2D eigenvalue weighted by Gasteiger charge is 2.25. The minimum absolute atomic E-state index is 0.0215. The Balaban J connectivity index is 1.67. The number of hydrogen-bond donors (Lipinski definition) is 1. The second kappa shape index (κ2) is 6.91. The lowest BCUT2D eigenvalue weighted by Gasteiger charge is -2.31. The summed E-state index contributed by atoms with van der Waals surface area (Å²) >= 11 is 0. The van der Waals surface area contributed by atoms with Gasteiger partial charge in [0.2, 0.25) is 0 Å². The van der Waals surface area contributed by atoms with E-state index in [1.807, 2.05) is 43.1 Å². The molecule has 0 aliphatic carbocycles. The van der Waals surface area contributed by atoms with Crippen LogP contribution < -0.4 is 5.32 Å². The lowest BCUT2D eigenvalue weighted by Crippen LogP contribution is -2.40. The molecule has 1 amide bonds. The molecule has 1 N–H and O–H groups in total. The minimum Gasteiger partial charge on any atom is -0.337 e. The first-order chi connectivity index (χ1) is 11.2. The largest absolute Gasteiger partial charge is 0.337 e. The number of aromatic nitrogens is 3. The number of nitrogens with one attached hydrogen (secondary N) is 1. The van der Waals surface area contributed by atoms with Crippen molar-refractivity contribution in [2.45, 2.75) is 19.8 Å². The third-order valence-electron chi connectivity index (χ3n) is 4.37. The van der Waals surface area contributed by atoms with Crippen LogP contribution in [0.5, 0.6) is 0 Å². The Morgan fingerprint density at radius 1 is 1.35 bits per heavy atom. The van der Waals surface area contributed by atoms with E-state index in [0.717, 1.165) is 43.7 Å². The summed E-state index contributed by atoms with van der Waals surface area (Å²) in [5, 5.41) is 11.4. The highest BCUT2D eigenvalue weighted by molar-refractivity contribution is 5.92. The van der Waals surface area contributed by atoms with Crippen molar-refractivity contribution in [1.29, 1.82) is 0 Å². The van der Waals surface area contributed by atoms with Gasteiger partial charge in [0.25, 0.3) is 5.91 Å². The quantitative estimate of drug-likeness (QED) is 0.932. The van der Waals surface area contributed by atoms with Gasteiger partial charge in [0.05, 0.1) is 11.9 Å². The van der Waals surface area contributed by atoms with Crippen LogP contribution in [0.25, 0.3) is 5.69 Å². The predicted octanol–water partition coefficient (Wildman–Crippen LogP) is 1.65. The molecule has 1 fully saturated rings. The van der Waals surface area contributed by atoms with Crippen LogP contribution in [0, 0.1) is 12.8 Å². The molecule has 1 aromatic heterocycles. The molecule has 1 aromatic carbocycles. The van der Waals surface area contributed by atoms with Crippen LogP contribution in [-0.2, 0) is 0 Å². The molecule has 0 bridgehead atoms. The minimum atomic E-state index is -0.0215. The third kappa shape index (κ3) is 3.59. The zero-order valence-electron chi connectivity index (χ0n) is 13.7. The van der Waals surface area contributed by atoms with E-state index in [9.17, 15) is 4.79 Å². The summed E-state index contributed by atoms with van der Waals surface area (Å²) < 4.78 is 1.66. The van der Waals surface area contributed by atoms with Crippen LogP contribution in [0.4, 0.5) is 0 Å². The lowest BCUT2D eigenvalue weighted by molar-refractivity contribution is 0.0685. The van der Waals surface area contributed by atoms with Crippen LogP contribution in [0.15, 0.2) is 30.5 Å². The van der Waals surface area contributed by atoms with Crippen molar-refractivity contribution in [3.05, 3.63) is 41.7 Å². The first-order valence-electron chi connectivity index (χ1n) is 8.10.